The molecule has 0 radical (unpaired) electrons. The van der Waals surface area contributed by atoms with Crippen molar-refractivity contribution in [2.24, 2.45) is 5.41 Å². The molecular formula is C14H21NOS. The van der Waals surface area contributed by atoms with Crippen molar-refractivity contribution in [1.29, 1.82) is 0 Å². The van der Waals surface area contributed by atoms with E-state index in [2.05, 4.69) is 49.9 Å². The van der Waals surface area contributed by atoms with Gasteiger partial charge in [-0.2, -0.15) is 0 Å². The first-order chi connectivity index (χ1) is 7.92. The molecule has 0 aliphatic rings. The fourth-order valence-corrected chi connectivity index (χ4v) is 2.73. The molecule has 2 nitrogen and oxygen atoms in total. The third-order valence-corrected chi connectivity index (χ3v) is 3.11. The predicted octanol–water partition coefficient (Wildman–Crippen LogP) is 2.57. The molecule has 0 saturated carbocycles. The Morgan fingerprint density at radius 2 is 2.12 bits per heavy atom. The third-order valence-electron chi connectivity index (χ3n) is 2.21. The number of aliphatic hydroxyl groups is 1. The lowest BCUT2D eigenvalue weighted by Crippen LogP contribution is -2.28. The lowest BCUT2D eigenvalue weighted by Gasteiger charge is -2.26. The molecule has 3 heteroatoms. The molecule has 1 N–H and O–H groups in total. The van der Waals surface area contributed by atoms with Crippen LogP contribution in [0.25, 0.3) is 0 Å². The van der Waals surface area contributed by atoms with Crippen LogP contribution in [-0.2, 0) is 6.54 Å². The number of thiophene rings is 1. The Morgan fingerprint density at radius 3 is 2.71 bits per heavy atom. The van der Waals surface area contributed by atoms with Gasteiger partial charge in [0.05, 0.1) is 0 Å². The van der Waals surface area contributed by atoms with Crippen LogP contribution in [0.2, 0.25) is 0 Å². The van der Waals surface area contributed by atoms with Gasteiger partial charge < -0.3 is 10.0 Å². The highest BCUT2D eigenvalue weighted by molar-refractivity contribution is 7.10. The van der Waals surface area contributed by atoms with Crippen molar-refractivity contribution in [2.75, 3.05) is 20.2 Å². The second-order valence-electron chi connectivity index (χ2n) is 5.45. The van der Waals surface area contributed by atoms with Crippen LogP contribution in [0.1, 0.15) is 31.2 Å². The van der Waals surface area contributed by atoms with E-state index in [1.54, 1.807) is 11.3 Å². The van der Waals surface area contributed by atoms with E-state index in [1.807, 2.05) is 6.07 Å². The average molecular weight is 251 g/mol. The summed E-state index contributed by atoms with van der Waals surface area (Å²) >= 11 is 1.73. The Kier molecular flexibility index (Phi) is 5.20. The van der Waals surface area contributed by atoms with Gasteiger partial charge in [-0.05, 0) is 23.9 Å². The second kappa shape index (κ2) is 6.20. The van der Waals surface area contributed by atoms with Crippen molar-refractivity contribution in [3.8, 4) is 11.8 Å². The summed E-state index contributed by atoms with van der Waals surface area (Å²) in [6.07, 6.45) is 0. The summed E-state index contributed by atoms with van der Waals surface area (Å²) in [4.78, 5) is 3.59. The molecule has 0 atom stereocenters. The largest absolute Gasteiger partial charge is 0.384 e. The van der Waals surface area contributed by atoms with E-state index < -0.39 is 0 Å². The van der Waals surface area contributed by atoms with Crippen LogP contribution in [-0.4, -0.2) is 30.2 Å². The van der Waals surface area contributed by atoms with Crippen LogP contribution in [0, 0.1) is 17.3 Å². The van der Waals surface area contributed by atoms with E-state index in [9.17, 15) is 0 Å². The van der Waals surface area contributed by atoms with Gasteiger partial charge >= 0.3 is 0 Å². The minimum Gasteiger partial charge on any atom is -0.384 e. The summed E-state index contributed by atoms with van der Waals surface area (Å²) in [6.45, 7) is 8.62. The minimum absolute atomic E-state index is 0.0763. The van der Waals surface area contributed by atoms with Crippen molar-refractivity contribution in [1.82, 2.24) is 4.90 Å². The van der Waals surface area contributed by atoms with Gasteiger partial charge in [0.15, 0.2) is 0 Å². The first-order valence-corrected chi connectivity index (χ1v) is 6.65. The zero-order valence-electron chi connectivity index (χ0n) is 11.1. The molecule has 0 fully saturated rings. The molecule has 0 aliphatic heterocycles. The topological polar surface area (TPSA) is 23.5 Å². The number of nitrogens with zero attached hydrogens (tertiary/aromatic N) is 1. The molecule has 1 aromatic rings. The molecule has 0 spiro atoms. The lowest BCUT2D eigenvalue weighted by atomic mass is 9.96. The van der Waals surface area contributed by atoms with Crippen molar-refractivity contribution < 1.29 is 5.11 Å². The molecule has 0 bridgehead atoms. The van der Waals surface area contributed by atoms with Gasteiger partial charge in [-0.15, -0.1) is 11.3 Å². The number of hydrogen-bond acceptors (Lipinski definition) is 3. The van der Waals surface area contributed by atoms with E-state index >= 15 is 0 Å². The van der Waals surface area contributed by atoms with Crippen molar-refractivity contribution in [2.45, 2.75) is 27.3 Å². The molecule has 0 aromatic carbocycles. The summed E-state index contributed by atoms with van der Waals surface area (Å²) in [6, 6.07) is 2.02. The van der Waals surface area contributed by atoms with Gasteiger partial charge in [-0.1, -0.05) is 32.6 Å². The van der Waals surface area contributed by atoms with Crippen LogP contribution in [0.5, 0.6) is 0 Å². The van der Waals surface area contributed by atoms with Gasteiger partial charge in [-0.25, -0.2) is 0 Å². The Labute approximate surface area is 108 Å². The molecule has 0 unspecified atom stereocenters. The van der Waals surface area contributed by atoms with Crippen molar-refractivity contribution in [3.05, 3.63) is 21.9 Å². The van der Waals surface area contributed by atoms with Gasteiger partial charge in [0.2, 0.25) is 0 Å². The maximum Gasteiger partial charge on any atom is 0.104 e. The summed E-state index contributed by atoms with van der Waals surface area (Å²) in [7, 11) is 2.13. The molecule has 0 saturated heterocycles. The quantitative estimate of drug-likeness (QED) is 0.835. The highest BCUT2D eigenvalue weighted by atomic mass is 32.1. The highest BCUT2D eigenvalue weighted by Gasteiger charge is 2.14. The van der Waals surface area contributed by atoms with Crippen LogP contribution in [0.4, 0.5) is 0 Å². The first-order valence-electron chi connectivity index (χ1n) is 5.77. The zero-order chi connectivity index (χ0) is 12.9. The third kappa shape index (κ3) is 5.36. The van der Waals surface area contributed by atoms with Gasteiger partial charge in [-0.3, -0.25) is 0 Å². The molecular weight excluding hydrogens is 230 g/mol. The first kappa shape index (κ1) is 14.2. The second-order valence-corrected chi connectivity index (χ2v) is 6.45. The Balaban J connectivity index is 2.65. The van der Waals surface area contributed by atoms with Crippen LogP contribution >= 0.6 is 11.3 Å². The summed E-state index contributed by atoms with van der Waals surface area (Å²) in [5.41, 5.74) is 1.35. The van der Waals surface area contributed by atoms with Crippen LogP contribution in [0.3, 0.4) is 0 Å². The van der Waals surface area contributed by atoms with E-state index in [0.717, 1.165) is 18.7 Å². The maximum atomic E-state index is 8.71. The van der Waals surface area contributed by atoms with E-state index in [4.69, 9.17) is 5.11 Å². The predicted molar refractivity (Wildman–Crippen MR) is 74.1 cm³/mol. The summed E-state index contributed by atoms with van der Waals surface area (Å²) in [5.74, 6) is 5.70. The molecule has 17 heavy (non-hydrogen) atoms. The van der Waals surface area contributed by atoms with Gasteiger partial charge in [0.25, 0.3) is 0 Å². The maximum absolute atomic E-state index is 8.71. The molecule has 1 heterocycles. The van der Waals surface area contributed by atoms with E-state index in [0.29, 0.717) is 5.41 Å². The average Bonchev–Trinajstić information content (AvgIpc) is 2.59. The number of hydrogen-bond donors (Lipinski definition) is 1. The monoisotopic (exact) mass is 251 g/mol. The fraction of sp³-hybridized carbons (Fsp3) is 0.571. The van der Waals surface area contributed by atoms with Crippen molar-refractivity contribution >= 4 is 11.3 Å². The number of rotatable bonds is 3. The van der Waals surface area contributed by atoms with Crippen molar-refractivity contribution in [3.63, 3.8) is 0 Å². The molecule has 1 rings (SSSR count). The Bertz CT molecular complexity index is 406. The zero-order valence-corrected chi connectivity index (χ0v) is 11.9. The smallest absolute Gasteiger partial charge is 0.104 e. The van der Waals surface area contributed by atoms with E-state index in [1.165, 1.54) is 4.88 Å². The Hall–Kier alpha value is -0.820. The van der Waals surface area contributed by atoms with Gasteiger partial charge in [0.1, 0.15) is 6.61 Å². The number of aliphatic hydroxyl groups excluding tert-OH is 1. The van der Waals surface area contributed by atoms with Gasteiger partial charge in [0, 0.05) is 23.5 Å². The Morgan fingerprint density at radius 1 is 1.41 bits per heavy atom. The summed E-state index contributed by atoms with van der Waals surface area (Å²) in [5, 5.41) is 10.8. The molecule has 1 aromatic heterocycles. The molecule has 0 aliphatic carbocycles. The van der Waals surface area contributed by atoms with Crippen LogP contribution in [0.15, 0.2) is 11.4 Å². The lowest BCUT2D eigenvalue weighted by molar-refractivity contribution is 0.222. The highest BCUT2D eigenvalue weighted by Crippen LogP contribution is 2.20. The van der Waals surface area contributed by atoms with E-state index in [-0.39, 0.29) is 6.61 Å². The summed E-state index contributed by atoms with van der Waals surface area (Å²) < 4.78 is 0. The normalized spacial score (nSPS) is 11.4. The van der Waals surface area contributed by atoms with Crippen LogP contribution < -0.4 is 0 Å². The SMILES string of the molecule is CN(Cc1sccc1C#CCO)CC(C)(C)C. The molecule has 94 valence electrons. The molecule has 0 amide bonds. The fourth-order valence-electron chi connectivity index (χ4n) is 1.82. The minimum atomic E-state index is -0.0763. The standard InChI is InChI=1S/C14H21NOS/c1-14(2,3)11-15(4)10-13-12(6-5-8-16)7-9-17-13/h7,9,16H,8,10-11H2,1-4H3.